The Morgan fingerprint density at radius 1 is 0.750 bits per heavy atom. The third-order valence-corrected chi connectivity index (χ3v) is 19.1. The first-order valence-electron chi connectivity index (χ1n) is 20.3. The predicted octanol–water partition coefficient (Wildman–Crippen LogP) is 13.6. The molecule has 0 N–H and O–H groups in total. The Balaban J connectivity index is 1.48. The second-order valence-electron chi connectivity index (χ2n) is 16.9. The maximum Gasteiger partial charge on any atom is 0.454 e. The van der Waals surface area contributed by atoms with E-state index in [1.54, 1.807) is 11.8 Å². The molecule has 6 rings (SSSR count). The summed E-state index contributed by atoms with van der Waals surface area (Å²) in [6, 6.07) is 39.6. The summed E-state index contributed by atoms with van der Waals surface area (Å²) in [4.78, 5) is 1.19. The number of hydrogen-bond donors (Lipinski definition) is 0. The molecule has 4 aromatic carbocycles. The second kappa shape index (κ2) is 18.1. The highest BCUT2D eigenvalue weighted by Gasteiger charge is 2.64. The minimum atomic E-state index is -2.35. The standard InChI is InChI=1S/C48H61BO5SSi/c1-34(2)56(35(3)4,36(5)6)53-44-30-48(47(8,9)43(37(44)7)33-55-40-26-18-13-19-27-40)45(52-49(10)54-48)41-28-20-21-29-42(41)46(50-31-38-22-14-11-15-23-38)51-32-39-24-16-12-17-25-39/h11-29,33-36,45-46H,30-32H2,1-10H3/b43-33+/t45-,48+/m0/s1. The molecular weight excluding hydrogens is 727 g/mol. The fraction of sp³-hybridized carbons (Fsp3) is 0.417. The molecule has 0 amide bonds. The first-order chi connectivity index (χ1) is 26.8. The van der Waals surface area contributed by atoms with Gasteiger partial charge in [-0.15, -0.1) is 0 Å². The molecule has 2 aliphatic rings. The largest absolute Gasteiger partial charge is 0.545 e. The summed E-state index contributed by atoms with van der Waals surface area (Å²) in [5, 5.41) is 2.34. The Hall–Kier alpha value is -3.37. The Morgan fingerprint density at radius 3 is 1.79 bits per heavy atom. The third-order valence-electron chi connectivity index (χ3n) is 12.2. The van der Waals surface area contributed by atoms with E-state index in [1.807, 2.05) is 43.2 Å². The first kappa shape index (κ1) is 42.2. The quantitative estimate of drug-likeness (QED) is 0.0679. The van der Waals surface area contributed by atoms with Gasteiger partial charge in [0.1, 0.15) is 0 Å². The van der Waals surface area contributed by atoms with Gasteiger partial charge in [0.2, 0.25) is 0 Å². The van der Waals surface area contributed by atoms with Gasteiger partial charge in [0.25, 0.3) is 8.32 Å². The van der Waals surface area contributed by atoms with Crippen molar-refractivity contribution < 1.29 is 23.2 Å². The van der Waals surface area contributed by atoms with Gasteiger partial charge in [0, 0.05) is 22.3 Å². The molecule has 1 fully saturated rings. The van der Waals surface area contributed by atoms with Crippen LogP contribution in [0, 0.1) is 5.41 Å². The number of rotatable bonds is 15. The lowest BCUT2D eigenvalue weighted by Crippen LogP contribution is -2.55. The van der Waals surface area contributed by atoms with Crippen LogP contribution in [0.3, 0.4) is 0 Å². The Bertz CT molecular complexity index is 1880. The summed E-state index contributed by atoms with van der Waals surface area (Å²) in [5.74, 6) is 1.03. The van der Waals surface area contributed by atoms with Crippen LogP contribution in [0.25, 0.3) is 0 Å². The van der Waals surface area contributed by atoms with Crippen LogP contribution in [0.1, 0.15) is 103 Å². The lowest BCUT2D eigenvalue weighted by atomic mass is 9.59. The summed E-state index contributed by atoms with van der Waals surface area (Å²) >= 11 is 1.75. The zero-order valence-electron chi connectivity index (χ0n) is 35.1. The third kappa shape index (κ3) is 8.57. The van der Waals surface area contributed by atoms with Crippen LogP contribution in [-0.4, -0.2) is 21.0 Å². The van der Waals surface area contributed by atoms with E-state index in [0.717, 1.165) is 28.0 Å². The molecule has 1 heterocycles. The zero-order chi connectivity index (χ0) is 40.1. The van der Waals surface area contributed by atoms with E-state index in [1.165, 1.54) is 16.0 Å². The van der Waals surface area contributed by atoms with Gasteiger partial charge in [-0.2, -0.15) is 0 Å². The molecule has 0 unspecified atom stereocenters. The van der Waals surface area contributed by atoms with Crippen LogP contribution < -0.4 is 0 Å². The number of thioether (sulfide) groups is 1. The minimum absolute atomic E-state index is 0.402. The molecule has 2 atom stereocenters. The number of ether oxygens (including phenoxy) is 2. The van der Waals surface area contributed by atoms with Gasteiger partial charge in [-0.25, -0.2) is 0 Å². The van der Waals surface area contributed by atoms with Gasteiger partial charge in [0.05, 0.1) is 30.7 Å². The number of hydrogen-bond acceptors (Lipinski definition) is 6. The van der Waals surface area contributed by atoms with Crippen molar-refractivity contribution in [1.29, 1.82) is 0 Å². The summed E-state index contributed by atoms with van der Waals surface area (Å²) in [7, 11) is -2.80. The molecule has 1 aliphatic carbocycles. The Labute approximate surface area is 342 Å². The van der Waals surface area contributed by atoms with E-state index >= 15 is 0 Å². The van der Waals surface area contributed by atoms with Crippen LogP contribution in [0.5, 0.6) is 0 Å². The molecule has 0 bridgehead atoms. The van der Waals surface area contributed by atoms with Crippen molar-refractivity contribution >= 4 is 27.2 Å². The lowest BCUT2D eigenvalue weighted by Gasteiger charge is -2.54. The molecule has 0 saturated carbocycles. The zero-order valence-corrected chi connectivity index (χ0v) is 36.9. The van der Waals surface area contributed by atoms with E-state index < -0.39 is 38.8 Å². The van der Waals surface area contributed by atoms with Gasteiger partial charge < -0.3 is 23.2 Å². The van der Waals surface area contributed by atoms with E-state index in [-0.39, 0.29) is 0 Å². The normalized spacial score (nSPS) is 20.7. The topological polar surface area (TPSA) is 46.2 Å². The van der Waals surface area contributed by atoms with Crippen LogP contribution in [-0.2, 0) is 36.4 Å². The molecular formula is C48H61BO5SSi. The molecule has 1 saturated heterocycles. The molecule has 0 aromatic heterocycles. The van der Waals surface area contributed by atoms with Crippen molar-refractivity contribution in [1.82, 2.24) is 0 Å². The van der Waals surface area contributed by atoms with Gasteiger partial charge in [-0.05, 0) is 75.7 Å². The maximum absolute atomic E-state index is 7.69. The van der Waals surface area contributed by atoms with Gasteiger partial charge in [0.15, 0.2) is 6.29 Å². The summed E-state index contributed by atoms with van der Waals surface area (Å²) < 4.78 is 35.4. The molecule has 296 valence electrons. The average molecular weight is 789 g/mol. The SMILES string of the molecule is CB1O[C@@H](c2ccccc2C(OCc2ccccc2)OCc2ccccc2)[C@@]2(CC(O[Si](C(C)C)(C(C)C)C(C)C)=C(C)/C(=C\Sc3ccccc3)C2(C)C)O1. The predicted molar refractivity (Wildman–Crippen MR) is 235 cm³/mol. The Morgan fingerprint density at radius 2 is 1.25 bits per heavy atom. The highest BCUT2D eigenvalue weighted by atomic mass is 32.2. The maximum atomic E-state index is 7.69. The second-order valence-corrected chi connectivity index (χ2v) is 23.2. The number of allylic oxidation sites excluding steroid dienone is 1. The van der Waals surface area contributed by atoms with E-state index in [9.17, 15) is 0 Å². The fourth-order valence-electron chi connectivity index (χ4n) is 9.29. The lowest BCUT2D eigenvalue weighted by molar-refractivity contribution is -0.163. The van der Waals surface area contributed by atoms with E-state index in [0.29, 0.717) is 36.3 Å². The van der Waals surface area contributed by atoms with Crippen molar-refractivity contribution in [2.24, 2.45) is 5.41 Å². The molecule has 8 heteroatoms. The number of benzene rings is 4. The van der Waals surface area contributed by atoms with Crippen molar-refractivity contribution in [2.75, 3.05) is 0 Å². The van der Waals surface area contributed by atoms with Crippen molar-refractivity contribution in [3.05, 3.63) is 160 Å². The molecule has 1 spiro atoms. The van der Waals surface area contributed by atoms with Crippen LogP contribution in [0.4, 0.5) is 0 Å². The minimum Gasteiger partial charge on any atom is -0.545 e. The van der Waals surface area contributed by atoms with Crippen LogP contribution in [0.2, 0.25) is 23.4 Å². The van der Waals surface area contributed by atoms with Crippen molar-refractivity contribution in [2.45, 2.75) is 128 Å². The van der Waals surface area contributed by atoms with Gasteiger partial charge >= 0.3 is 7.12 Å². The van der Waals surface area contributed by atoms with E-state index in [2.05, 4.69) is 147 Å². The highest BCUT2D eigenvalue weighted by molar-refractivity contribution is 8.02. The van der Waals surface area contributed by atoms with E-state index in [4.69, 9.17) is 23.2 Å². The first-order valence-corrected chi connectivity index (χ1v) is 23.4. The smallest absolute Gasteiger partial charge is 0.454 e. The van der Waals surface area contributed by atoms with Crippen LogP contribution >= 0.6 is 11.8 Å². The molecule has 5 nitrogen and oxygen atoms in total. The fourth-order valence-corrected chi connectivity index (χ4v) is 15.7. The molecule has 0 radical (unpaired) electrons. The van der Waals surface area contributed by atoms with Gasteiger partial charge in [-0.3, -0.25) is 0 Å². The summed E-state index contributed by atoms with van der Waals surface area (Å²) in [6.45, 7) is 23.9. The van der Waals surface area contributed by atoms with Crippen molar-refractivity contribution in [3.8, 4) is 0 Å². The summed E-state index contributed by atoms with van der Waals surface area (Å²) in [6.07, 6.45) is -0.518. The molecule has 56 heavy (non-hydrogen) atoms. The summed E-state index contributed by atoms with van der Waals surface area (Å²) in [5.41, 5.74) is 6.47. The average Bonchev–Trinajstić information content (AvgIpc) is 3.53. The Kier molecular flexibility index (Phi) is 13.6. The molecule has 4 aromatic rings. The monoisotopic (exact) mass is 788 g/mol. The van der Waals surface area contributed by atoms with Gasteiger partial charge in [-0.1, -0.05) is 170 Å². The van der Waals surface area contributed by atoms with Crippen molar-refractivity contribution in [3.63, 3.8) is 0 Å². The molecule has 1 aliphatic heterocycles. The highest BCUT2D eigenvalue weighted by Crippen LogP contribution is 2.62. The van der Waals surface area contributed by atoms with Crippen LogP contribution in [0.15, 0.2) is 142 Å².